The van der Waals surface area contributed by atoms with E-state index in [4.69, 9.17) is 9.47 Å². The number of H-pyrrole nitrogens is 2. The molecule has 0 saturated carbocycles. The highest BCUT2D eigenvalue weighted by Gasteiger charge is 2.20. The van der Waals surface area contributed by atoms with Crippen LogP contribution in [0, 0.1) is 0 Å². The monoisotopic (exact) mass is 804 g/mol. The second kappa shape index (κ2) is 18.4. The first-order valence-corrected chi connectivity index (χ1v) is 16.8. The minimum atomic E-state index is -0.145. The van der Waals surface area contributed by atoms with Crippen LogP contribution in [-0.2, 0) is 6.54 Å². The summed E-state index contributed by atoms with van der Waals surface area (Å²) in [6.45, 7) is 7.57. The lowest BCUT2D eigenvalue weighted by atomic mass is 10.1. The Morgan fingerprint density at radius 2 is 1.27 bits per heavy atom. The third kappa shape index (κ3) is 10.8. The maximum Gasteiger partial charge on any atom is 0.252 e. The molecule has 2 fully saturated rings. The van der Waals surface area contributed by atoms with E-state index in [0.717, 1.165) is 68.2 Å². The third-order valence-corrected chi connectivity index (χ3v) is 8.53. The minimum Gasteiger partial charge on any atom is -0.504 e. The number of ether oxygens (including phenoxy) is 2. The molecule has 15 nitrogen and oxygen atoms in total. The first-order chi connectivity index (χ1) is 23.6. The van der Waals surface area contributed by atoms with Crippen molar-refractivity contribution in [3.8, 4) is 23.0 Å². The summed E-state index contributed by atoms with van der Waals surface area (Å²) >= 11 is 6.62. The Morgan fingerprint density at radius 3 is 1.78 bits per heavy atom. The minimum absolute atomic E-state index is 0.0940. The summed E-state index contributed by atoms with van der Waals surface area (Å²) in [5.41, 5.74) is 0.794. The second-order valence-corrected chi connectivity index (χ2v) is 12.6. The molecule has 4 aromatic rings. The molecule has 0 aliphatic carbocycles. The molecule has 0 amide bonds. The van der Waals surface area contributed by atoms with Gasteiger partial charge in [0.15, 0.2) is 29.3 Å². The summed E-state index contributed by atoms with van der Waals surface area (Å²) in [5.74, 6) is 2.27. The molecule has 2 aromatic carbocycles. The summed E-state index contributed by atoms with van der Waals surface area (Å²) in [6, 6.07) is 9.80. The summed E-state index contributed by atoms with van der Waals surface area (Å²) in [6.07, 6.45) is 3.44. The third-order valence-electron chi connectivity index (χ3n) is 7.61. The van der Waals surface area contributed by atoms with Crippen LogP contribution in [0.3, 0.4) is 0 Å². The van der Waals surface area contributed by atoms with E-state index in [1.165, 1.54) is 38.0 Å². The number of methoxy groups -OCH3 is 2. The Bertz CT molecular complexity index is 1810. The zero-order valence-corrected chi connectivity index (χ0v) is 30.2. The highest BCUT2D eigenvalue weighted by molar-refractivity contribution is 9.10. The second-order valence-electron chi connectivity index (χ2n) is 10.8. The van der Waals surface area contributed by atoms with Crippen molar-refractivity contribution < 1.29 is 24.5 Å². The van der Waals surface area contributed by atoms with E-state index in [2.05, 4.69) is 71.8 Å². The molecule has 0 radical (unpaired) electrons. The van der Waals surface area contributed by atoms with E-state index in [0.29, 0.717) is 28.9 Å². The Morgan fingerprint density at radius 1 is 0.755 bits per heavy atom. The maximum absolute atomic E-state index is 11.4. The number of piperazine rings is 2. The maximum atomic E-state index is 11.4. The number of nitrogens with one attached hydrogen (secondary N) is 3. The van der Waals surface area contributed by atoms with Gasteiger partial charge in [0.2, 0.25) is 0 Å². The van der Waals surface area contributed by atoms with Gasteiger partial charge in [0.1, 0.15) is 11.6 Å². The van der Waals surface area contributed by atoms with E-state index < -0.39 is 0 Å². The lowest BCUT2D eigenvalue weighted by Crippen LogP contribution is -2.46. The Labute approximate surface area is 299 Å². The quantitative estimate of drug-likeness (QED) is 0.172. The zero-order valence-electron chi connectivity index (χ0n) is 27.0. The number of benzene rings is 2. The van der Waals surface area contributed by atoms with Gasteiger partial charge in [-0.2, -0.15) is 0 Å². The Hall–Kier alpha value is -4.45. The number of carbonyl (C=O) groups is 1. The number of aromatic nitrogens is 4. The number of aromatic hydroxyl groups is 2. The molecular formula is C32H38Br2N8O7. The average Bonchev–Trinajstić information content (AvgIpc) is 3.11. The number of nitrogens with zero attached hydrogens (tertiary/aromatic N) is 5. The van der Waals surface area contributed by atoms with E-state index in [9.17, 15) is 24.6 Å². The van der Waals surface area contributed by atoms with Crippen LogP contribution >= 0.6 is 31.9 Å². The van der Waals surface area contributed by atoms with Crippen LogP contribution in [0.1, 0.15) is 15.9 Å². The molecule has 2 saturated heterocycles. The van der Waals surface area contributed by atoms with Gasteiger partial charge in [-0.3, -0.25) is 19.3 Å². The van der Waals surface area contributed by atoms with Crippen molar-refractivity contribution in [3.05, 3.63) is 89.8 Å². The summed E-state index contributed by atoms with van der Waals surface area (Å²) in [4.78, 5) is 52.6. The van der Waals surface area contributed by atoms with Crippen LogP contribution in [0.5, 0.6) is 23.0 Å². The highest BCUT2D eigenvalue weighted by atomic mass is 79.9. The van der Waals surface area contributed by atoms with Crippen molar-refractivity contribution in [3.63, 3.8) is 0 Å². The number of carbonyl (C=O) groups excluding carboxylic acids is 1. The highest BCUT2D eigenvalue weighted by Crippen LogP contribution is 2.35. The Balaban J connectivity index is 0.000000182. The summed E-state index contributed by atoms with van der Waals surface area (Å²) < 4.78 is 11.6. The first-order valence-electron chi connectivity index (χ1n) is 15.2. The fourth-order valence-electron chi connectivity index (χ4n) is 5.08. The first kappa shape index (κ1) is 37.4. The lowest BCUT2D eigenvalue weighted by Gasteiger charge is -2.35. The SMILES string of the molecule is COc1cc(Br)cc(C=O)c1O.COc1cc(Br)cc(CN2CCN(c3cc(=O)[nH]cn3)CC2)c1O.O=c1cc(N2CCNCC2)nc[nH]1. The zero-order chi connectivity index (χ0) is 35.3. The van der Waals surface area contributed by atoms with Crippen molar-refractivity contribution in [1.29, 1.82) is 0 Å². The van der Waals surface area contributed by atoms with Crippen molar-refractivity contribution in [2.45, 2.75) is 6.54 Å². The molecule has 0 spiro atoms. The van der Waals surface area contributed by atoms with Gasteiger partial charge >= 0.3 is 0 Å². The molecule has 262 valence electrons. The van der Waals surface area contributed by atoms with Crippen molar-refractivity contribution in [2.75, 3.05) is 76.4 Å². The molecule has 0 atom stereocenters. The fraction of sp³-hybridized carbons (Fsp3) is 0.344. The number of rotatable bonds is 7. The van der Waals surface area contributed by atoms with E-state index in [1.54, 1.807) is 19.2 Å². The van der Waals surface area contributed by atoms with Crippen molar-refractivity contribution in [2.24, 2.45) is 0 Å². The van der Waals surface area contributed by atoms with Crippen molar-refractivity contribution >= 4 is 49.8 Å². The smallest absolute Gasteiger partial charge is 0.252 e. The van der Waals surface area contributed by atoms with Crippen molar-refractivity contribution in [1.82, 2.24) is 30.2 Å². The summed E-state index contributed by atoms with van der Waals surface area (Å²) in [5, 5.41) is 22.9. The van der Waals surface area contributed by atoms with Crippen LogP contribution in [0.2, 0.25) is 0 Å². The van der Waals surface area contributed by atoms with Gasteiger partial charge in [-0.1, -0.05) is 31.9 Å². The topological polar surface area (TPSA) is 189 Å². The van der Waals surface area contributed by atoms with Crippen LogP contribution in [0.15, 0.2) is 67.6 Å². The van der Waals surface area contributed by atoms with Crippen LogP contribution < -0.4 is 35.7 Å². The molecule has 4 heterocycles. The largest absolute Gasteiger partial charge is 0.504 e. The van der Waals surface area contributed by atoms with Gasteiger partial charge in [0.25, 0.3) is 11.1 Å². The van der Waals surface area contributed by atoms with Gasteiger partial charge in [-0.05, 0) is 24.3 Å². The number of hydrogen-bond donors (Lipinski definition) is 5. The van der Waals surface area contributed by atoms with Crippen LogP contribution in [-0.4, -0.2) is 108 Å². The van der Waals surface area contributed by atoms with Gasteiger partial charge < -0.3 is 44.8 Å². The van der Waals surface area contributed by atoms with E-state index in [1.807, 2.05) is 6.07 Å². The number of phenols is 2. The molecule has 6 rings (SSSR count). The Kier molecular flexibility index (Phi) is 14.0. The number of aromatic amines is 2. The standard InChI is InChI=1S/C16H19BrN4O3.C8H7BrO3.C8H12N4O/c1-24-13-7-12(17)6-11(16(13)23)9-20-2-4-21(5-3-20)14-8-15(22)19-10-18-14;1-12-7-3-6(9)2-5(4-10)8(7)11;13-8-5-7(10-6-11-8)12-3-1-9-2-4-12/h6-8,10,23H,2-5,9H2,1H3,(H,18,19,22);2-4,11H,1H3;5-6,9H,1-4H2,(H,10,11,13). The molecule has 0 bridgehead atoms. The molecule has 2 aromatic heterocycles. The summed E-state index contributed by atoms with van der Waals surface area (Å²) in [7, 11) is 2.97. The van der Waals surface area contributed by atoms with Crippen LogP contribution in [0.4, 0.5) is 11.6 Å². The van der Waals surface area contributed by atoms with Gasteiger partial charge in [0.05, 0.1) is 32.4 Å². The molecule has 17 heteroatoms. The van der Waals surface area contributed by atoms with E-state index in [-0.39, 0.29) is 33.9 Å². The van der Waals surface area contributed by atoms with Gasteiger partial charge in [-0.15, -0.1) is 0 Å². The van der Waals surface area contributed by atoms with Gasteiger partial charge in [0, 0.05) is 85.5 Å². The number of aldehydes is 1. The predicted molar refractivity (Wildman–Crippen MR) is 192 cm³/mol. The number of halogens is 2. The molecular weight excluding hydrogens is 768 g/mol. The van der Waals surface area contributed by atoms with Gasteiger partial charge in [-0.25, -0.2) is 9.97 Å². The predicted octanol–water partition coefficient (Wildman–Crippen LogP) is 2.72. The molecule has 2 aliphatic heterocycles. The van der Waals surface area contributed by atoms with Crippen LogP contribution in [0.25, 0.3) is 0 Å². The average molecular weight is 807 g/mol. The van der Waals surface area contributed by atoms with E-state index >= 15 is 0 Å². The number of hydrogen-bond acceptors (Lipinski definition) is 13. The lowest BCUT2D eigenvalue weighted by molar-refractivity contribution is 0.112. The molecule has 2 aliphatic rings. The number of phenolic OH excluding ortho intramolecular Hbond substituents is 2. The fourth-order valence-corrected chi connectivity index (χ4v) is 6.02. The molecule has 0 unspecified atom stereocenters. The number of anilines is 2. The molecule has 49 heavy (non-hydrogen) atoms. The molecule has 5 N–H and O–H groups in total. The normalized spacial score (nSPS) is 14.5.